The van der Waals surface area contributed by atoms with Gasteiger partial charge in [-0.2, -0.15) is 0 Å². The van der Waals surface area contributed by atoms with E-state index in [9.17, 15) is 9.59 Å². The van der Waals surface area contributed by atoms with Crippen molar-refractivity contribution in [1.82, 2.24) is 10.2 Å². The van der Waals surface area contributed by atoms with Crippen LogP contribution < -0.4 is 10.9 Å². The number of hydrogen-bond donors (Lipinski definition) is 1. The molecule has 2 aliphatic rings. The molecule has 5 heteroatoms. The maximum Gasteiger partial charge on any atom is 0.335 e. The van der Waals surface area contributed by atoms with Gasteiger partial charge in [0.2, 0.25) is 0 Å². The van der Waals surface area contributed by atoms with Crippen molar-refractivity contribution < 1.29 is 9.21 Å². The zero-order valence-electron chi connectivity index (χ0n) is 11.5. The maximum atomic E-state index is 12.5. The van der Waals surface area contributed by atoms with Gasteiger partial charge in [-0.25, -0.2) is 4.79 Å². The lowest BCUT2D eigenvalue weighted by atomic mass is 10.0. The Morgan fingerprint density at radius 1 is 1.30 bits per heavy atom. The molecule has 1 unspecified atom stereocenters. The van der Waals surface area contributed by atoms with Crippen LogP contribution in [0.1, 0.15) is 42.5 Å². The zero-order chi connectivity index (χ0) is 13.9. The van der Waals surface area contributed by atoms with Gasteiger partial charge in [0.25, 0.3) is 5.91 Å². The first kappa shape index (κ1) is 13.4. The van der Waals surface area contributed by atoms with E-state index in [4.69, 9.17) is 4.42 Å². The Bertz CT molecular complexity index is 510. The SMILES string of the molecule is O=C(c1ccc(=O)oc1)N(CC1CCCCN1)C1CC1. The number of hydrogen-bond acceptors (Lipinski definition) is 4. The second-order valence-electron chi connectivity index (χ2n) is 5.68. The highest BCUT2D eigenvalue weighted by Gasteiger charge is 2.34. The summed E-state index contributed by atoms with van der Waals surface area (Å²) in [6.07, 6.45) is 7.00. The molecule has 1 saturated heterocycles. The second-order valence-corrected chi connectivity index (χ2v) is 5.68. The molecule has 5 nitrogen and oxygen atoms in total. The van der Waals surface area contributed by atoms with Gasteiger partial charge in [0, 0.05) is 24.7 Å². The van der Waals surface area contributed by atoms with Crippen LogP contribution in [-0.2, 0) is 0 Å². The summed E-state index contributed by atoms with van der Waals surface area (Å²) in [5.41, 5.74) is 0.0424. The highest BCUT2D eigenvalue weighted by atomic mass is 16.4. The first-order chi connectivity index (χ1) is 9.74. The topological polar surface area (TPSA) is 62.6 Å². The summed E-state index contributed by atoms with van der Waals surface area (Å²) in [6, 6.07) is 3.61. The van der Waals surface area contributed by atoms with Gasteiger partial charge in [-0.3, -0.25) is 4.79 Å². The Kier molecular flexibility index (Phi) is 3.87. The number of carbonyl (C=O) groups excluding carboxylic acids is 1. The average Bonchev–Trinajstić information content (AvgIpc) is 3.30. The Morgan fingerprint density at radius 2 is 2.15 bits per heavy atom. The lowest BCUT2D eigenvalue weighted by molar-refractivity contribution is 0.0715. The van der Waals surface area contributed by atoms with Crippen LogP contribution in [-0.4, -0.2) is 36.0 Å². The minimum absolute atomic E-state index is 0.0244. The summed E-state index contributed by atoms with van der Waals surface area (Å²) < 4.78 is 4.80. The van der Waals surface area contributed by atoms with Gasteiger partial charge in [-0.05, 0) is 38.3 Å². The van der Waals surface area contributed by atoms with Gasteiger partial charge in [-0.1, -0.05) is 6.42 Å². The van der Waals surface area contributed by atoms with Gasteiger partial charge in [0.05, 0.1) is 5.56 Å². The quantitative estimate of drug-likeness (QED) is 0.902. The molecule has 1 aliphatic carbocycles. The first-order valence-corrected chi connectivity index (χ1v) is 7.37. The normalized spacial score (nSPS) is 22.5. The van der Waals surface area contributed by atoms with E-state index in [1.54, 1.807) is 6.07 Å². The van der Waals surface area contributed by atoms with Crippen LogP contribution in [0.2, 0.25) is 0 Å². The molecule has 3 rings (SSSR count). The number of piperidine rings is 1. The molecule has 0 radical (unpaired) electrons. The third-order valence-corrected chi connectivity index (χ3v) is 4.03. The van der Waals surface area contributed by atoms with Crippen LogP contribution in [0.15, 0.2) is 27.6 Å². The molecule has 1 N–H and O–H groups in total. The third kappa shape index (κ3) is 3.10. The summed E-state index contributed by atoms with van der Waals surface area (Å²) in [7, 11) is 0. The van der Waals surface area contributed by atoms with Crippen molar-refractivity contribution in [1.29, 1.82) is 0 Å². The lowest BCUT2D eigenvalue weighted by Gasteiger charge is -2.30. The Labute approximate surface area is 118 Å². The summed E-state index contributed by atoms with van der Waals surface area (Å²) in [5.74, 6) is -0.0244. The van der Waals surface area contributed by atoms with Crippen LogP contribution in [0.25, 0.3) is 0 Å². The van der Waals surface area contributed by atoms with Crippen molar-refractivity contribution in [3.63, 3.8) is 0 Å². The van der Waals surface area contributed by atoms with Crippen LogP contribution in [0.5, 0.6) is 0 Å². The van der Waals surface area contributed by atoms with E-state index in [1.165, 1.54) is 25.2 Å². The number of nitrogens with zero attached hydrogens (tertiary/aromatic N) is 1. The van der Waals surface area contributed by atoms with Crippen molar-refractivity contribution in [2.24, 2.45) is 0 Å². The molecule has 2 heterocycles. The fraction of sp³-hybridized carbons (Fsp3) is 0.600. The zero-order valence-corrected chi connectivity index (χ0v) is 11.5. The van der Waals surface area contributed by atoms with Crippen molar-refractivity contribution in [2.45, 2.75) is 44.2 Å². The van der Waals surface area contributed by atoms with Gasteiger partial charge in [0.1, 0.15) is 6.26 Å². The van der Waals surface area contributed by atoms with E-state index in [0.29, 0.717) is 17.6 Å². The molecule has 20 heavy (non-hydrogen) atoms. The van der Waals surface area contributed by atoms with Crippen molar-refractivity contribution in [3.8, 4) is 0 Å². The standard InChI is InChI=1S/C15H20N2O3/c18-14-7-4-11(10-20-14)15(19)17(13-5-6-13)9-12-3-1-2-8-16-12/h4,7,10,12-13,16H,1-3,5-6,8-9H2. The van der Waals surface area contributed by atoms with Crippen LogP contribution in [0, 0.1) is 0 Å². The van der Waals surface area contributed by atoms with Crippen molar-refractivity contribution in [2.75, 3.05) is 13.1 Å². The average molecular weight is 276 g/mol. The predicted octanol–water partition coefficient (Wildman–Crippen LogP) is 1.39. The summed E-state index contributed by atoms with van der Waals surface area (Å²) in [4.78, 5) is 25.5. The lowest BCUT2D eigenvalue weighted by Crippen LogP contribution is -2.46. The molecule has 1 aromatic rings. The predicted molar refractivity (Wildman–Crippen MR) is 74.7 cm³/mol. The van der Waals surface area contributed by atoms with Crippen molar-refractivity contribution in [3.05, 3.63) is 34.4 Å². The molecule has 1 atom stereocenters. The minimum Gasteiger partial charge on any atom is -0.430 e. The van der Waals surface area contributed by atoms with Gasteiger partial charge in [-0.15, -0.1) is 0 Å². The van der Waals surface area contributed by atoms with Gasteiger partial charge in [0.15, 0.2) is 0 Å². The number of rotatable bonds is 4. The molecule has 1 aromatic heterocycles. The van der Waals surface area contributed by atoms with E-state index in [0.717, 1.165) is 32.4 Å². The number of amides is 1. The highest BCUT2D eigenvalue weighted by molar-refractivity contribution is 5.94. The largest absolute Gasteiger partial charge is 0.430 e. The molecule has 1 amide bonds. The first-order valence-electron chi connectivity index (χ1n) is 7.37. The number of carbonyl (C=O) groups is 1. The molecule has 108 valence electrons. The molecule has 1 aliphatic heterocycles. The fourth-order valence-electron chi connectivity index (χ4n) is 2.75. The van der Waals surface area contributed by atoms with Crippen molar-refractivity contribution >= 4 is 5.91 Å². The third-order valence-electron chi connectivity index (χ3n) is 4.03. The van der Waals surface area contributed by atoms with Gasteiger partial charge >= 0.3 is 5.63 Å². The van der Waals surface area contributed by atoms with Crippen LogP contribution in [0.4, 0.5) is 0 Å². The highest BCUT2D eigenvalue weighted by Crippen LogP contribution is 2.29. The molecule has 0 aromatic carbocycles. The van der Waals surface area contributed by atoms with Crippen LogP contribution in [0.3, 0.4) is 0 Å². The summed E-state index contributed by atoms with van der Waals surface area (Å²) in [5, 5.41) is 3.48. The molecule has 0 spiro atoms. The molecular formula is C15H20N2O3. The van der Waals surface area contributed by atoms with E-state index in [-0.39, 0.29) is 5.91 Å². The summed E-state index contributed by atoms with van der Waals surface area (Å²) in [6.45, 7) is 1.79. The molecular weight excluding hydrogens is 256 g/mol. The second kappa shape index (κ2) is 5.79. The Balaban J connectivity index is 1.71. The van der Waals surface area contributed by atoms with E-state index >= 15 is 0 Å². The van der Waals surface area contributed by atoms with E-state index < -0.39 is 5.63 Å². The van der Waals surface area contributed by atoms with E-state index in [2.05, 4.69) is 5.32 Å². The Morgan fingerprint density at radius 3 is 2.75 bits per heavy atom. The summed E-state index contributed by atoms with van der Waals surface area (Å²) >= 11 is 0. The molecule has 0 bridgehead atoms. The van der Waals surface area contributed by atoms with Crippen LogP contribution >= 0.6 is 0 Å². The van der Waals surface area contributed by atoms with Gasteiger partial charge < -0.3 is 14.6 Å². The number of nitrogens with one attached hydrogen (secondary N) is 1. The molecule has 1 saturated carbocycles. The molecule has 2 fully saturated rings. The van der Waals surface area contributed by atoms with E-state index in [1.807, 2.05) is 4.90 Å². The maximum absolute atomic E-state index is 12.5. The fourth-order valence-corrected chi connectivity index (χ4v) is 2.75. The monoisotopic (exact) mass is 276 g/mol. The smallest absolute Gasteiger partial charge is 0.335 e. The Hall–Kier alpha value is -1.62. The minimum atomic E-state index is -0.423.